The van der Waals surface area contributed by atoms with Gasteiger partial charge in [0, 0.05) is 13.0 Å². The van der Waals surface area contributed by atoms with Gasteiger partial charge in [-0.25, -0.2) is 4.57 Å². The molecule has 3 unspecified atom stereocenters. The van der Waals surface area contributed by atoms with Crippen molar-refractivity contribution in [2.24, 2.45) is 5.73 Å². The highest BCUT2D eigenvalue weighted by Crippen LogP contribution is 2.43. The van der Waals surface area contributed by atoms with E-state index in [2.05, 4.69) is 67.8 Å². The number of hydrogen-bond acceptors (Lipinski definition) is 6. The third-order valence-electron chi connectivity index (χ3n) is 8.54. The van der Waals surface area contributed by atoms with Crippen molar-refractivity contribution >= 4 is 13.7 Å². The van der Waals surface area contributed by atoms with Gasteiger partial charge in [-0.1, -0.05) is 145 Å². The van der Waals surface area contributed by atoms with Crippen LogP contribution in [-0.2, 0) is 18.4 Å². The summed E-state index contributed by atoms with van der Waals surface area (Å²) in [6.07, 6.45) is 46.9. The van der Waals surface area contributed by atoms with E-state index < -0.39 is 20.0 Å². The quantitative estimate of drug-likeness (QED) is 0.0284. The van der Waals surface area contributed by atoms with Crippen molar-refractivity contribution < 1.29 is 28.4 Å². The van der Waals surface area contributed by atoms with Crippen LogP contribution >= 0.6 is 7.82 Å². The minimum absolute atomic E-state index is 0.0669. The number of nitrogens with two attached hydrogens (primary N) is 1. The molecule has 0 rings (SSSR count). The SMILES string of the molecule is CCCCCC/C=C\C/C=C\CCCCCCCC(=O)NC(COP(=O)(O)OCCN)C(O)/C=C/CC/C=C/CC/C=C/CCCCCCCC. The number of carbonyl (C=O) groups is 1. The van der Waals surface area contributed by atoms with Crippen LogP contribution in [0.1, 0.15) is 168 Å². The number of amides is 1. The zero-order chi connectivity index (χ0) is 37.5. The van der Waals surface area contributed by atoms with Crippen molar-refractivity contribution in [2.45, 2.75) is 180 Å². The van der Waals surface area contributed by atoms with E-state index in [4.69, 9.17) is 14.8 Å². The van der Waals surface area contributed by atoms with Crippen molar-refractivity contribution in [3.8, 4) is 0 Å². The van der Waals surface area contributed by atoms with Crippen LogP contribution in [0.5, 0.6) is 0 Å². The van der Waals surface area contributed by atoms with Gasteiger partial charge < -0.3 is 21.1 Å². The standard InChI is InChI=1S/C42H77N2O6P/c1-3-5-7-9-11-13-15-17-19-21-23-25-27-29-31-33-35-41(45)40(39-50-51(47,48)49-38-37-43)44-42(46)36-34-32-30-28-26-24-22-20-18-16-14-12-10-8-6-4-2/h14,16-17,19-20,22,25,27,33,35,40-41,45H,3-13,15,18,21,23-24,26,28-32,34,36-39,43H2,1-2H3,(H,44,46)(H,47,48)/b16-14-,19-17+,22-20-,27-25+,35-33+. The molecule has 0 heterocycles. The fraction of sp³-hybridized carbons (Fsp3) is 0.738. The average Bonchev–Trinajstić information content (AvgIpc) is 3.12. The van der Waals surface area contributed by atoms with Crippen LogP contribution in [0.2, 0.25) is 0 Å². The van der Waals surface area contributed by atoms with Gasteiger partial charge in [0.2, 0.25) is 5.91 Å². The summed E-state index contributed by atoms with van der Waals surface area (Å²) >= 11 is 0. The Balaban J connectivity index is 4.39. The molecule has 0 aliphatic rings. The van der Waals surface area contributed by atoms with Gasteiger partial charge >= 0.3 is 7.82 Å². The number of aliphatic hydroxyl groups excluding tert-OH is 1. The predicted octanol–water partition coefficient (Wildman–Crippen LogP) is 11.1. The monoisotopic (exact) mass is 737 g/mol. The Morgan fingerprint density at radius 3 is 1.65 bits per heavy atom. The second kappa shape index (κ2) is 37.9. The number of phosphoric acid groups is 1. The van der Waals surface area contributed by atoms with Gasteiger partial charge in [0.15, 0.2) is 0 Å². The lowest BCUT2D eigenvalue weighted by molar-refractivity contribution is -0.123. The Bertz CT molecular complexity index is 980. The van der Waals surface area contributed by atoms with E-state index in [0.717, 1.165) is 70.6 Å². The average molecular weight is 737 g/mol. The van der Waals surface area contributed by atoms with Gasteiger partial charge in [-0.05, 0) is 77.0 Å². The largest absolute Gasteiger partial charge is 0.472 e. The van der Waals surface area contributed by atoms with Crippen molar-refractivity contribution in [2.75, 3.05) is 19.8 Å². The van der Waals surface area contributed by atoms with E-state index in [9.17, 15) is 19.4 Å². The summed E-state index contributed by atoms with van der Waals surface area (Å²) in [6, 6.07) is -0.892. The third-order valence-corrected chi connectivity index (χ3v) is 9.53. The van der Waals surface area contributed by atoms with Gasteiger partial charge in [-0.15, -0.1) is 0 Å². The molecule has 296 valence electrons. The normalized spacial score (nSPS) is 14.8. The zero-order valence-electron chi connectivity index (χ0n) is 32.6. The maximum absolute atomic E-state index is 12.7. The Hall–Kier alpha value is -1.80. The van der Waals surface area contributed by atoms with Gasteiger partial charge in [0.05, 0.1) is 25.4 Å². The zero-order valence-corrected chi connectivity index (χ0v) is 33.5. The third kappa shape index (κ3) is 36.4. The summed E-state index contributed by atoms with van der Waals surface area (Å²) in [5.74, 6) is -0.225. The minimum atomic E-state index is -4.35. The molecule has 0 spiro atoms. The molecule has 0 radical (unpaired) electrons. The van der Waals surface area contributed by atoms with E-state index in [-0.39, 0.29) is 25.7 Å². The molecule has 0 aliphatic heterocycles. The van der Waals surface area contributed by atoms with Crippen molar-refractivity contribution in [3.63, 3.8) is 0 Å². The predicted molar refractivity (Wildman–Crippen MR) is 217 cm³/mol. The molecule has 0 fully saturated rings. The van der Waals surface area contributed by atoms with E-state index in [1.807, 2.05) is 6.08 Å². The molecule has 0 bridgehead atoms. The first-order chi connectivity index (χ1) is 24.9. The molecule has 0 aromatic heterocycles. The molecule has 0 saturated heterocycles. The highest BCUT2D eigenvalue weighted by molar-refractivity contribution is 7.47. The molecule has 0 saturated carbocycles. The van der Waals surface area contributed by atoms with E-state index in [1.165, 1.54) is 77.0 Å². The topological polar surface area (TPSA) is 131 Å². The lowest BCUT2D eigenvalue weighted by atomic mass is 10.1. The lowest BCUT2D eigenvalue weighted by Gasteiger charge is -2.23. The maximum atomic E-state index is 12.7. The first-order valence-electron chi connectivity index (χ1n) is 20.4. The lowest BCUT2D eigenvalue weighted by Crippen LogP contribution is -2.45. The second-order valence-electron chi connectivity index (χ2n) is 13.5. The second-order valence-corrected chi connectivity index (χ2v) is 14.9. The number of allylic oxidation sites excluding steroid dienone is 9. The fourth-order valence-corrected chi connectivity index (χ4v) is 6.19. The number of phosphoric ester groups is 1. The molecule has 0 aromatic rings. The first kappa shape index (κ1) is 49.2. The van der Waals surface area contributed by atoms with Gasteiger partial charge in [-0.2, -0.15) is 0 Å². The highest BCUT2D eigenvalue weighted by atomic mass is 31.2. The molecule has 3 atom stereocenters. The molecule has 51 heavy (non-hydrogen) atoms. The van der Waals surface area contributed by atoms with Crippen LogP contribution < -0.4 is 11.1 Å². The number of nitrogens with one attached hydrogen (secondary N) is 1. The summed E-state index contributed by atoms with van der Waals surface area (Å²) < 4.78 is 22.1. The van der Waals surface area contributed by atoms with Crippen LogP contribution in [0, 0.1) is 0 Å². The summed E-state index contributed by atoms with van der Waals surface area (Å²) in [4.78, 5) is 22.6. The minimum Gasteiger partial charge on any atom is -0.387 e. The van der Waals surface area contributed by atoms with Crippen LogP contribution in [0.15, 0.2) is 60.8 Å². The van der Waals surface area contributed by atoms with Crippen molar-refractivity contribution in [1.82, 2.24) is 5.32 Å². The Morgan fingerprint density at radius 2 is 1.10 bits per heavy atom. The Kier molecular flexibility index (Phi) is 36.6. The van der Waals surface area contributed by atoms with Gasteiger partial charge in [0.1, 0.15) is 0 Å². The molecule has 0 aliphatic carbocycles. The fourth-order valence-electron chi connectivity index (χ4n) is 5.43. The number of rotatable bonds is 37. The molecule has 0 aromatic carbocycles. The van der Waals surface area contributed by atoms with Crippen LogP contribution in [0.25, 0.3) is 0 Å². The van der Waals surface area contributed by atoms with Crippen molar-refractivity contribution in [3.05, 3.63) is 60.8 Å². The number of unbranched alkanes of at least 4 members (excludes halogenated alkanes) is 17. The van der Waals surface area contributed by atoms with Crippen LogP contribution in [0.4, 0.5) is 0 Å². The molecule has 9 heteroatoms. The molecule has 1 amide bonds. The van der Waals surface area contributed by atoms with Crippen LogP contribution in [0.3, 0.4) is 0 Å². The number of aliphatic hydroxyl groups is 1. The molecular formula is C42H77N2O6P. The first-order valence-corrected chi connectivity index (χ1v) is 21.9. The van der Waals surface area contributed by atoms with E-state index in [1.54, 1.807) is 6.08 Å². The van der Waals surface area contributed by atoms with E-state index >= 15 is 0 Å². The van der Waals surface area contributed by atoms with Crippen LogP contribution in [-0.4, -0.2) is 47.8 Å². The summed E-state index contributed by atoms with van der Waals surface area (Å²) in [5, 5.41) is 13.6. The van der Waals surface area contributed by atoms with Gasteiger partial charge in [0.25, 0.3) is 0 Å². The maximum Gasteiger partial charge on any atom is 0.472 e. The summed E-state index contributed by atoms with van der Waals surface area (Å²) in [7, 11) is -4.35. The smallest absolute Gasteiger partial charge is 0.387 e. The molecule has 5 N–H and O–H groups in total. The Morgan fingerprint density at radius 1 is 0.647 bits per heavy atom. The number of carbonyl (C=O) groups excluding carboxylic acids is 1. The Labute approximate surface area is 313 Å². The molecular weight excluding hydrogens is 659 g/mol. The van der Waals surface area contributed by atoms with Gasteiger partial charge in [-0.3, -0.25) is 13.8 Å². The highest BCUT2D eigenvalue weighted by Gasteiger charge is 2.26. The molecule has 8 nitrogen and oxygen atoms in total. The number of hydrogen-bond donors (Lipinski definition) is 4. The van der Waals surface area contributed by atoms with E-state index in [0.29, 0.717) is 6.42 Å². The summed E-state index contributed by atoms with van der Waals surface area (Å²) in [6.45, 7) is 4.05. The van der Waals surface area contributed by atoms with Crippen molar-refractivity contribution in [1.29, 1.82) is 0 Å². The summed E-state index contributed by atoms with van der Waals surface area (Å²) in [5.41, 5.74) is 5.36.